The van der Waals surface area contributed by atoms with Crippen molar-refractivity contribution in [2.24, 2.45) is 11.8 Å². The van der Waals surface area contributed by atoms with Gasteiger partial charge in [-0.05, 0) is 30.9 Å². The number of anilines is 1. The molecule has 0 saturated carbocycles. The smallest absolute Gasteiger partial charge is 0.321 e. The minimum absolute atomic E-state index is 0.0889. The van der Waals surface area contributed by atoms with E-state index in [1.165, 1.54) is 0 Å². The van der Waals surface area contributed by atoms with Gasteiger partial charge in [-0.1, -0.05) is 32.0 Å². The molecule has 2 rings (SSSR count). The Morgan fingerprint density at radius 3 is 2.65 bits per heavy atom. The summed E-state index contributed by atoms with van der Waals surface area (Å²) in [6.07, 6.45) is 1.73. The van der Waals surface area contributed by atoms with Crippen molar-refractivity contribution in [1.29, 1.82) is 0 Å². The highest BCUT2D eigenvalue weighted by Crippen LogP contribution is 2.20. The average molecular weight is 317 g/mol. The van der Waals surface area contributed by atoms with E-state index < -0.39 is 0 Å². The Balaban J connectivity index is 1.92. The van der Waals surface area contributed by atoms with Gasteiger partial charge in [0.2, 0.25) is 5.91 Å². The third-order valence-electron chi connectivity index (χ3n) is 4.10. The molecule has 23 heavy (non-hydrogen) atoms. The van der Waals surface area contributed by atoms with Crippen molar-refractivity contribution < 1.29 is 9.59 Å². The number of likely N-dealkylation sites (tertiary alicyclic amines) is 1. The summed E-state index contributed by atoms with van der Waals surface area (Å²) in [4.78, 5) is 28.5. The molecule has 3 amide bonds. The van der Waals surface area contributed by atoms with Crippen molar-refractivity contribution in [3.63, 3.8) is 0 Å². The number of hydrogen-bond donors (Lipinski definition) is 1. The third kappa shape index (κ3) is 4.98. The first-order valence-electron chi connectivity index (χ1n) is 8.33. The summed E-state index contributed by atoms with van der Waals surface area (Å²) in [5.74, 6) is 0.509. The van der Waals surface area contributed by atoms with Crippen LogP contribution >= 0.6 is 0 Å². The van der Waals surface area contributed by atoms with E-state index in [2.05, 4.69) is 19.2 Å². The van der Waals surface area contributed by atoms with Crippen LogP contribution < -0.4 is 5.32 Å². The van der Waals surface area contributed by atoms with Gasteiger partial charge in [-0.3, -0.25) is 4.79 Å². The largest absolute Gasteiger partial charge is 0.345 e. The zero-order valence-corrected chi connectivity index (χ0v) is 14.3. The van der Waals surface area contributed by atoms with Gasteiger partial charge >= 0.3 is 6.03 Å². The lowest BCUT2D eigenvalue weighted by atomic mass is 9.96. The summed E-state index contributed by atoms with van der Waals surface area (Å²) in [5, 5.41) is 2.89. The monoisotopic (exact) mass is 317 g/mol. The molecule has 0 radical (unpaired) electrons. The fraction of sp³-hybridized carbons (Fsp3) is 0.556. The maximum Gasteiger partial charge on any atom is 0.321 e. The highest BCUT2D eigenvalue weighted by atomic mass is 16.2. The number of para-hydroxylation sites is 1. The first-order chi connectivity index (χ1) is 11.0. The molecule has 1 N–H and O–H groups in total. The van der Waals surface area contributed by atoms with Crippen LogP contribution in [0.15, 0.2) is 30.3 Å². The molecule has 0 aromatic heterocycles. The molecule has 5 nitrogen and oxygen atoms in total. The Labute approximate surface area is 138 Å². The van der Waals surface area contributed by atoms with Crippen LogP contribution in [0.2, 0.25) is 0 Å². The molecule has 1 heterocycles. The fourth-order valence-electron chi connectivity index (χ4n) is 3.04. The maximum absolute atomic E-state index is 12.5. The van der Waals surface area contributed by atoms with E-state index in [0.29, 0.717) is 19.0 Å². The van der Waals surface area contributed by atoms with Gasteiger partial charge in [0.25, 0.3) is 0 Å². The van der Waals surface area contributed by atoms with Gasteiger partial charge in [0.05, 0.1) is 5.92 Å². The van der Waals surface area contributed by atoms with Gasteiger partial charge in [-0.25, -0.2) is 4.79 Å². The van der Waals surface area contributed by atoms with E-state index in [9.17, 15) is 9.59 Å². The van der Waals surface area contributed by atoms with Gasteiger partial charge in [0.1, 0.15) is 0 Å². The first kappa shape index (κ1) is 17.3. The third-order valence-corrected chi connectivity index (χ3v) is 4.10. The van der Waals surface area contributed by atoms with Gasteiger partial charge in [-0.15, -0.1) is 0 Å². The molecule has 0 bridgehead atoms. The Morgan fingerprint density at radius 2 is 2.00 bits per heavy atom. The first-order valence-corrected chi connectivity index (χ1v) is 8.33. The van der Waals surface area contributed by atoms with Crippen LogP contribution in [0.5, 0.6) is 0 Å². The summed E-state index contributed by atoms with van der Waals surface area (Å²) < 4.78 is 0. The molecular formula is C18H27N3O2. The fourth-order valence-corrected chi connectivity index (χ4v) is 3.04. The van der Waals surface area contributed by atoms with E-state index >= 15 is 0 Å². The van der Waals surface area contributed by atoms with Crippen LogP contribution in [0, 0.1) is 11.8 Å². The lowest BCUT2D eigenvalue weighted by Gasteiger charge is -2.34. The van der Waals surface area contributed by atoms with Gasteiger partial charge in [0.15, 0.2) is 0 Å². The summed E-state index contributed by atoms with van der Waals surface area (Å²) in [7, 11) is 1.85. The average Bonchev–Trinajstić information content (AvgIpc) is 2.54. The maximum atomic E-state index is 12.5. The van der Waals surface area contributed by atoms with Gasteiger partial charge in [0, 0.05) is 32.4 Å². The van der Waals surface area contributed by atoms with Crippen LogP contribution in [0.1, 0.15) is 26.7 Å². The van der Waals surface area contributed by atoms with Crippen molar-refractivity contribution >= 4 is 17.6 Å². The molecule has 1 unspecified atom stereocenters. The van der Waals surface area contributed by atoms with Crippen LogP contribution in [0.4, 0.5) is 10.5 Å². The zero-order valence-electron chi connectivity index (χ0n) is 14.3. The Bertz CT molecular complexity index is 530. The summed E-state index contributed by atoms with van der Waals surface area (Å²) in [6, 6.07) is 9.29. The minimum Gasteiger partial charge on any atom is -0.345 e. The Morgan fingerprint density at radius 1 is 1.30 bits per heavy atom. The highest BCUT2D eigenvalue weighted by Gasteiger charge is 2.30. The van der Waals surface area contributed by atoms with Crippen LogP contribution in [0.3, 0.4) is 0 Å². The second kappa shape index (κ2) is 7.99. The molecule has 126 valence electrons. The number of hydrogen-bond acceptors (Lipinski definition) is 2. The molecule has 0 aliphatic carbocycles. The van der Waals surface area contributed by atoms with Crippen molar-refractivity contribution in [2.45, 2.75) is 26.7 Å². The molecule has 1 aromatic carbocycles. The molecule has 1 aliphatic rings. The van der Waals surface area contributed by atoms with Gasteiger partial charge in [-0.2, -0.15) is 0 Å². The number of carbonyl (C=O) groups is 2. The molecule has 0 spiro atoms. The SMILES string of the molecule is CC(C)CN(C)C(=O)C1CCCN(C(=O)Nc2ccccc2)C1. The number of piperidine rings is 1. The Hall–Kier alpha value is -2.04. The van der Waals surface area contributed by atoms with E-state index in [0.717, 1.165) is 25.1 Å². The number of amides is 3. The van der Waals surface area contributed by atoms with Crippen molar-refractivity contribution in [1.82, 2.24) is 9.80 Å². The van der Waals surface area contributed by atoms with Crippen LogP contribution in [-0.2, 0) is 4.79 Å². The van der Waals surface area contributed by atoms with Crippen LogP contribution in [-0.4, -0.2) is 48.4 Å². The normalized spacial score (nSPS) is 17.9. The summed E-state index contributed by atoms with van der Waals surface area (Å²) >= 11 is 0. The molecule has 5 heteroatoms. The topological polar surface area (TPSA) is 52.7 Å². The summed E-state index contributed by atoms with van der Waals surface area (Å²) in [6.45, 7) is 6.16. The van der Waals surface area contributed by atoms with Crippen molar-refractivity contribution in [3.8, 4) is 0 Å². The number of nitrogens with zero attached hydrogens (tertiary/aromatic N) is 2. The second-order valence-corrected chi connectivity index (χ2v) is 6.69. The quantitative estimate of drug-likeness (QED) is 0.928. The second-order valence-electron chi connectivity index (χ2n) is 6.69. The van der Waals surface area contributed by atoms with E-state index in [1.54, 1.807) is 9.80 Å². The van der Waals surface area contributed by atoms with Crippen molar-refractivity contribution in [3.05, 3.63) is 30.3 Å². The van der Waals surface area contributed by atoms with E-state index in [1.807, 2.05) is 37.4 Å². The number of benzene rings is 1. The highest BCUT2D eigenvalue weighted by molar-refractivity contribution is 5.90. The zero-order chi connectivity index (χ0) is 16.8. The molecule has 1 aliphatic heterocycles. The van der Waals surface area contributed by atoms with E-state index in [4.69, 9.17) is 0 Å². The van der Waals surface area contributed by atoms with E-state index in [-0.39, 0.29) is 17.9 Å². The lowest BCUT2D eigenvalue weighted by molar-refractivity contribution is -0.136. The molecule has 1 aromatic rings. The predicted octanol–water partition coefficient (Wildman–Crippen LogP) is 3.04. The molecule has 1 fully saturated rings. The number of carbonyl (C=O) groups excluding carboxylic acids is 2. The lowest BCUT2D eigenvalue weighted by Crippen LogP contribution is -2.47. The minimum atomic E-state index is -0.125. The standard InChI is InChI=1S/C18H27N3O2/c1-14(2)12-20(3)17(22)15-8-7-11-21(13-15)18(23)19-16-9-5-4-6-10-16/h4-6,9-10,14-15H,7-8,11-13H2,1-3H3,(H,19,23). The number of nitrogens with one attached hydrogen (secondary N) is 1. The van der Waals surface area contributed by atoms with Crippen LogP contribution in [0.25, 0.3) is 0 Å². The van der Waals surface area contributed by atoms with Crippen molar-refractivity contribution in [2.75, 3.05) is 32.0 Å². The number of rotatable bonds is 4. The molecule has 1 saturated heterocycles. The summed E-state index contributed by atoms with van der Waals surface area (Å²) in [5.41, 5.74) is 0.780. The number of urea groups is 1. The Kier molecular flexibility index (Phi) is 6.02. The molecule has 1 atom stereocenters. The molecular weight excluding hydrogens is 290 g/mol. The van der Waals surface area contributed by atoms with Gasteiger partial charge < -0.3 is 15.1 Å². The predicted molar refractivity (Wildman–Crippen MR) is 92.2 cm³/mol.